The summed E-state index contributed by atoms with van der Waals surface area (Å²) in [6.07, 6.45) is 0.998. The molecule has 0 aliphatic heterocycles. The Morgan fingerprint density at radius 1 is 1.00 bits per heavy atom. The first-order valence-corrected chi connectivity index (χ1v) is 8.62. The lowest BCUT2D eigenvalue weighted by Gasteiger charge is -2.05. The van der Waals surface area contributed by atoms with Crippen molar-refractivity contribution in [2.24, 2.45) is 0 Å². The Labute approximate surface area is 155 Å². The molecule has 8 heteroatoms. The minimum atomic E-state index is 0.386. The van der Waals surface area contributed by atoms with Crippen LogP contribution in [-0.4, -0.2) is 39.4 Å². The van der Waals surface area contributed by atoms with Crippen LogP contribution >= 0.6 is 0 Å². The zero-order valence-corrected chi connectivity index (χ0v) is 15.3. The van der Waals surface area contributed by atoms with Gasteiger partial charge in [-0.15, -0.1) is 5.10 Å². The maximum absolute atomic E-state index is 5.45. The number of hydrogen-bond donors (Lipinski definition) is 0. The van der Waals surface area contributed by atoms with Crippen molar-refractivity contribution in [2.45, 2.75) is 19.9 Å². The fourth-order valence-corrected chi connectivity index (χ4v) is 2.88. The third kappa shape index (κ3) is 3.21. The van der Waals surface area contributed by atoms with Crippen molar-refractivity contribution in [3.8, 4) is 34.3 Å². The predicted molar refractivity (Wildman–Crippen MR) is 99.7 cm³/mol. The zero-order chi connectivity index (χ0) is 18.8. The third-order valence-electron chi connectivity index (χ3n) is 4.23. The van der Waals surface area contributed by atoms with E-state index >= 15 is 0 Å². The van der Waals surface area contributed by atoms with Crippen LogP contribution in [0.1, 0.15) is 13.3 Å². The molecule has 0 atom stereocenters. The molecular formula is C19H19N5O3. The Balaban J connectivity index is 1.69. The molecule has 0 spiro atoms. The molecule has 0 unspecified atom stereocenters. The lowest BCUT2D eigenvalue weighted by atomic mass is 10.1. The number of methoxy groups -OCH3 is 2. The first-order valence-electron chi connectivity index (χ1n) is 8.62. The highest BCUT2D eigenvalue weighted by Crippen LogP contribution is 2.30. The summed E-state index contributed by atoms with van der Waals surface area (Å²) in [5.74, 6) is 2.17. The summed E-state index contributed by atoms with van der Waals surface area (Å²) in [4.78, 5) is 4.51. The van der Waals surface area contributed by atoms with Crippen LogP contribution < -0.4 is 9.47 Å². The Hall–Kier alpha value is -3.42. The van der Waals surface area contributed by atoms with Crippen molar-refractivity contribution in [3.63, 3.8) is 0 Å². The van der Waals surface area contributed by atoms with Crippen molar-refractivity contribution in [2.75, 3.05) is 14.2 Å². The lowest BCUT2D eigenvalue weighted by molar-refractivity contribution is 0.393. The summed E-state index contributed by atoms with van der Waals surface area (Å²) in [6, 6.07) is 11.3. The molecule has 0 radical (unpaired) electrons. The molecule has 0 bridgehead atoms. The number of rotatable bonds is 6. The normalized spacial score (nSPS) is 11.1. The van der Waals surface area contributed by atoms with Gasteiger partial charge in [0.15, 0.2) is 0 Å². The van der Waals surface area contributed by atoms with Crippen molar-refractivity contribution >= 4 is 11.0 Å². The summed E-state index contributed by atoms with van der Waals surface area (Å²) < 4.78 is 17.9. The smallest absolute Gasteiger partial charge is 0.258 e. The molecule has 0 N–H and O–H groups in total. The van der Waals surface area contributed by atoms with E-state index in [2.05, 4.69) is 27.4 Å². The van der Waals surface area contributed by atoms with E-state index in [1.807, 2.05) is 35.0 Å². The Morgan fingerprint density at radius 3 is 2.48 bits per heavy atom. The lowest BCUT2D eigenvalue weighted by Crippen LogP contribution is -1.98. The molecule has 4 aromatic rings. The van der Waals surface area contributed by atoms with Crippen LogP contribution in [0.3, 0.4) is 0 Å². The molecule has 2 heterocycles. The second-order valence-electron chi connectivity index (χ2n) is 6.04. The van der Waals surface area contributed by atoms with E-state index in [1.54, 1.807) is 20.3 Å². The molecule has 2 aromatic heterocycles. The SMILES string of the molecule is CCCn1nnc2cc(-c3noc(-c4cc(OC)cc(OC)c4)n3)ccc21. The predicted octanol–water partition coefficient (Wildman–Crippen LogP) is 3.58. The average Bonchev–Trinajstić information content (AvgIpc) is 3.35. The molecule has 0 amide bonds. The van der Waals surface area contributed by atoms with Crippen LogP contribution in [0.4, 0.5) is 0 Å². The van der Waals surface area contributed by atoms with E-state index in [9.17, 15) is 0 Å². The molecule has 0 saturated carbocycles. The van der Waals surface area contributed by atoms with Gasteiger partial charge in [-0.1, -0.05) is 17.3 Å². The Bertz CT molecular complexity index is 1060. The standard InChI is InChI=1S/C19H19N5O3/c1-4-7-24-17-6-5-12(10-16(17)21-23-24)18-20-19(27-22-18)13-8-14(25-2)11-15(9-13)26-3/h5-6,8-11H,4,7H2,1-3H3. The van der Waals surface area contributed by atoms with Crippen molar-refractivity contribution in [1.82, 2.24) is 25.1 Å². The molecule has 27 heavy (non-hydrogen) atoms. The van der Waals surface area contributed by atoms with Crippen LogP contribution in [0.2, 0.25) is 0 Å². The Kier molecular flexibility index (Phi) is 4.45. The minimum Gasteiger partial charge on any atom is -0.497 e. The summed E-state index contributed by atoms with van der Waals surface area (Å²) in [5, 5.41) is 12.5. The van der Waals surface area contributed by atoms with Gasteiger partial charge in [-0.05, 0) is 36.8 Å². The van der Waals surface area contributed by atoms with E-state index in [4.69, 9.17) is 14.0 Å². The summed E-state index contributed by atoms with van der Waals surface area (Å²) >= 11 is 0. The van der Waals surface area contributed by atoms with Gasteiger partial charge in [0.25, 0.3) is 5.89 Å². The topological polar surface area (TPSA) is 88.1 Å². The number of hydrogen-bond acceptors (Lipinski definition) is 7. The quantitative estimate of drug-likeness (QED) is 0.516. The van der Waals surface area contributed by atoms with E-state index in [-0.39, 0.29) is 0 Å². The molecule has 8 nitrogen and oxygen atoms in total. The van der Waals surface area contributed by atoms with Crippen LogP contribution in [0, 0.1) is 0 Å². The highest BCUT2D eigenvalue weighted by atomic mass is 16.5. The molecule has 0 aliphatic rings. The molecular weight excluding hydrogens is 346 g/mol. The number of benzene rings is 2. The number of fused-ring (bicyclic) bond motifs is 1. The van der Waals surface area contributed by atoms with E-state index in [0.717, 1.165) is 35.1 Å². The molecule has 2 aromatic carbocycles. The van der Waals surface area contributed by atoms with Gasteiger partial charge in [-0.3, -0.25) is 0 Å². The third-order valence-corrected chi connectivity index (χ3v) is 4.23. The highest BCUT2D eigenvalue weighted by Gasteiger charge is 2.14. The summed E-state index contributed by atoms with van der Waals surface area (Å²) in [5.41, 5.74) is 3.33. The molecule has 0 fully saturated rings. The molecule has 0 saturated heterocycles. The minimum absolute atomic E-state index is 0.386. The highest BCUT2D eigenvalue weighted by molar-refractivity contribution is 5.80. The van der Waals surface area contributed by atoms with Gasteiger partial charge in [-0.2, -0.15) is 4.98 Å². The molecule has 4 rings (SSSR count). The van der Waals surface area contributed by atoms with Gasteiger partial charge in [0.2, 0.25) is 5.82 Å². The first kappa shape index (κ1) is 17.0. The monoisotopic (exact) mass is 365 g/mol. The molecule has 138 valence electrons. The zero-order valence-electron chi connectivity index (χ0n) is 15.3. The van der Waals surface area contributed by atoms with Gasteiger partial charge in [-0.25, -0.2) is 4.68 Å². The maximum atomic E-state index is 5.45. The van der Waals surface area contributed by atoms with Crippen LogP contribution in [0.5, 0.6) is 11.5 Å². The van der Waals surface area contributed by atoms with Crippen LogP contribution in [0.25, 0.3) is 33.9 Å². The fourth-order valence-electron chi connectivity index (χ4n) is 2.88. The number of aryl methyl sites for hydroxylation is 1. The average molecular weight is 365 g/mol. The molecule has 0 aliphatic carbocycles. The second-order valence-corrected chi connectivity index (χ2v) is 6.04. The Morgan fingerprint density at radius 2 is 1.78 bits per heavy atom. The second kappa shape index (κ2) is 7.06. The van der Waals surface area contributed by atoms with E-state index in [1.165, 1.54) is 0 Å². The van der Waals surface area contributed by atoms with E-state index in [0.29, 0.717) is 23.2 Å². The van der Waals surface area contributed by atoms with Gasteiger partial charge in [0, 0.05) is 23.7 Å². The number of nitrogens with zero attached hydrogens (tertiary/aromatic N) is 5. The first-order chi connectivity index (χ1) is 13.2. The van der Waals surface area contributed by atoms with Crippen molar-refractivity contribution < 1.29 is 14.0 Å². The van der Waals surface area contributed by atoms with Gasteiger partial charge < -0.3 is 14.0 Å². The van der Waals surface area contributed by atoms with Gasteiger partial charge in [0.05, 0.1) is 19.7 Å². The maximum Gasteiger partial charge on any atom is 0.258 e. The number of aromatic nitrogens is 5. The fraction of sp³-hybridized carbons (Fsp3) is 0.263. The van der Waals surface area contributed by atoms with Crippen LogP contribution in [0.15, 0.2) is 40.9 Å². The summed E-state index contributed by atoms with van der Waals surface area (Å²) in [6.45, 7) is 2.94. The van der Waals surface area contributed by atoms with Gasteiger partial charge in [0.1, 0.15) is 17.0 Å². The van der Waals surface area contributed by atoms with E-state index < -0.39 is 0 Å². The van der Waals surface area contributed by atoms with Crippen molar-refractivity contribution in [1.29, 1.82) is 0 Å². The summed E-state index contributed by atoms with van der Waals surface area (Å²) in [7, 11) is 3.19. The van der Waals surface area contributed by atoms with Gasteiger partial charge >= 0.3 is 0 Å². The largest absolute Gasteiger partial charge is 0.497 e. The number of ether oxygens (including phenoxy) is 2. The van der Waals surface area contributed by atoms with Crippen LogP contribution in [-0.2, 0) is 6.54 Å². The van der Waals surface area contributed by atoms with Crippen molar-refractivity contribution in [3.05, 3.63) is 36.4 Å².